The number of hydrogen-bond donors (Lipinski definition) is 1. The number of halogens is 2. The Morgan fingerprint density at radius 1 is 1.50 bits per heavy atom. The van der Waals surface area contributed by atoms with Crippen molar-refractivity contribution in [2.75, 3.05) is 7.11 Å². The summed E-state index contributed by atoms with van der Waals surface area (Å²) in [6, 6.07) is 2.26. The van der Waals surface area contributed by atoms with Gasteiger partial charge in [0.15, 0.2) is 0 Å². The summed E-state index contributed by atoms with van der Waals surface area (Å²) in [5, 5.41) is 0.211. The van der Waals surface area contributed by atoms with E-state index < -0.39 is 23.2 Å². The molecule has 0 bridgehead atoms. The second-order valence-corrected chi connectivity index (χ2v) is 5.19. The van der Waals surface area contributed by atoms with Crippen LogP contribution in [0.4, 0.5) is 4.39 Å². The number of carbonyl (C=O) groups is 1. The molecule has 0 aliphatic heterocycles. The number of ether oxygens (including phenoxy) is 1. The van der Waals surface area contributed by atoms with E-state index in [1.165, 1.54) is 7.11 Å². The number of carbonyl (C=O) groups excluding carboxylic acids is 1. The molecule has 1 aromatic carbocycles. The van der Waals surface area contributed by atoms with Gasteiger partial charge < -0.3 is 10.5 Å². The van der Waals surface area contributed by atoms with Gasteiger partial charge in [0, 0.05) is 16.6 Å². The zero-order valence-corrected chi connectivity index (χ0v) is 11.6. The maximum atomic E-state index is 14.1. The van der Waals surface area contributed by atoms with Crippen molar-refractivity contribution >= 4 is 17.6 Å². The number of nitrogens with two attached hydrogens (primary N) is 1. The van der Waals surface area contributed by atoms with Crippen molar-refractivity contribution in [3.05, 3.63) is 34.1 Å². The van der Waals surface area contributed by atoms with E-state index in [1.54, 1.807) is 32.9 Å². The standard InChI is InChI=1S/C13H17ClFNO2/c1-7-5-6-8(14)9(10(7)15)11(16)13(2,3)12(17)18-4/h5-6,11H,16H2,1-4H3/t11-/m0/s1. The van der Waals surface area contributed by atoms with Gasteiger partial charge in [-0.1, -0.05) is 17.7 Å². The van der Waals surface area contributed by atoms with Crippen LogP contribution < -0.4 is 5.73 Å². The molecule has 0 aliphatic rings. The second-order valence-electron chi connectivity index (χ2n) is 4.78. The molecule has 0 saturated heterocycles. The second kappa shape index (κ2) is 5.24. The first-order chi connectivity index (χ1) is 8.23. The molecule has 0 fully saturated rings. The smallest absolute Gasteiger partial charge is 0.313 e. The van der Waals surface area contributed by atoms with Gasteiger partial charge in [-0.25, -0.2) is 4.39 Å². The number of esters is 1. The lowest BCUT2D eigenvalue weighted by Crippen LogP contribution is -2.38. The van der Waals surface area contributed by atoms with Crippen molar-refractivity contribution in [3.63, 3.8) is 0 Å². The summed E-state index contributed by atoms with van der Waals surface area (Å²) in [6.45, 7) is 4.82. The third-order valence-corrected chi connectivity index (χ3v) is 3.45. The minimum Gasteiger partial charge on any atom is -0.469 e. The first-order valence-electron chi connectivity index (χ1n) is 5.52. The van der Waals surface area contributed by atoms with Gasteiger partial charge in [0.1, 0.15) is 5.82 Å². The van der Waals surface area contributed by atoms with E-state index in [0.717, 1.165) is 0 Å². The first-order valence-corrected chi connectivity index (χ1v) is 5.89. The highest BCUT2D eigenvalue weighted by Gasteiger charge is 2.39. The van der Waals surface area contributed by atoms with Crippen molar-refractivity contribution < 1.29 is 13.9 Å². The molecule has 0 saturated carbocycles. The Bertz CT molecular complexity index is 474. The van der Waals surface area contributed by atoms with Gasteiger partial charge >= 0.3 is 5.97 Å². The molecule has 0 unspecified atom stereocenters. The maximum absolute atomic E-state index is 14.1. The lowest BCUT2D eigenvalue weighted by molar-refractivity contribution is -0.152. The molecule has 0 aromatic heterocycles. The predicted molar refractivity (Wildman–Crippen MR) is 68.9 cm³/mol. The van der Waals surface area contributed by atoms with Crippen LogP contribution in [0.15, 0.2) is 12.1 Å². The Hall–Kier alpha value is -1.13. The van der Waals surface area contributed by atoms with Crippen molar-refractivity contribution in [3.8, 4) is 0 Å². The highest BCUT2D eigenvalue weighted by molar-refractivity contribution is 6.31. The molecule has 0 spiro atoms. The van der Waals surface area contributed by atoms with Gasteiger partial charge in [0.2, 0.25) is 0 Å². The molecule has 0 aliphatic carbocycles. The SMILES string of the molecule is COC(=O)C(C)(C)[C@@H](N)c1c(Cl)ccc(C)c1F. The molecule has 0 amide bonds. The fourth-order valence-electron chi connectivity index (χ4n) is 1.71. The van der Waals surface area contributed by atoms with E-state index in [4.69, 9.17) is 17.3 Å². The van der Waals surface area contributed by atoms with Gasteiger partial charge in [-0.2, -0.15) is 0 Å². The molecule has 1 rings (SSSR count). The van der Waals surface area contributed by atoms with Gasteiger partial charge in [-0.15, -0.1) is 0 Å². The Morgan fingerprint density at radius 3 is 2.56 bits per heavy atom. The van der Waals surface area contributed by atoms with Crippen molar-refractivity contribution in [1.29, 1.82) is 0 Å². The zero-order valence-electron chi connectivity index (χ0n) is 10.9. The van der Waals surface area contributed by atoms with Crippen LogP contribution in [-0.4, -0.2) is 13.1 Å². The number of methoxy groups -OCH3 is 1. The predicted octanol–water partition coefficient (Wildman–Crippen LogP) is 2.99. The summed E-state index contributed by atoms with van der Waals surface area (Å²) in [4.78, 5) is 11.7. The monoisotopic (exact) mass is 273 g/mol. The lowest BCUT2D eigenvalue weighted by Gasteiger charge is -2.30. The van der Waals surface area contributed by atoms with Gasteiger partial charge in [-0.3, -0.25) is 4.79 Å². The topological polar surface area (TPSA) is 52.3 Å². The highest BCUT2D eigenvalue weighted by Crippen LogP contribution is 2.37. The number of hydrogen-bond acceptors (Lipinski definition) is 3. The summed E-state index contributed by atoms with van der Waals surface area (Å²) < 4.78 is 18.8. The minimum absolute atomic E-state index is 0.145. The molecule has 5 heteroatoms. The van der Waals surface area contributed by atoms with Crippen LogP contribution in [-0.2, 0) is 9.53 Å². The normalized spacial score (nSPS) is 13.3. The van der Waals surface area contributed by atoms with Crippen LogP contribution >= 0.6 is 11.6 Å². The first kappa shape index (κ1) is 14.9. The van der Waals surface area contributed by atoms with Crippen LogP contribution in [0, 0.1) is 18.2 Å². The van der Waals surface area contributed by atoms with Crippen LogP contribution in [0.2, 0.25) is 5.02 Å². The molecular formula is C13H17ClFNO2. The maximum Gasteiger partial charge on any atom is 0.313 e. The molecule has 100 valence electrons. The molecule has 1 atom stereocenters. The fourth-order valence-corrected chi connectivity index (χ4v) is 1.98. The van der Waals surface area contributed by atoms with Crippen molar-refractivity contribution in [2.45, 2.75) is 26.8 Å². The Labute approximate surface area is 111 Å². The van der Waals surface area contributed by atoms with Crippen molar-refractivity contribution in [1.82, 2.24) is 0 Å². The Balaban J connectivity index is 3.31. The average molecular weight is 274 g/mol. The quantitative estimate of drug-likeness (QED) is 0.862. The molecule has 1 aromatic rings. The summed E-state index contributed by atoms with van der Waals surface area (Å²) >= 11 is 5.98. The number of rotatable bonds is 3. The molecule has 0 radical (unpaired) electrons. The lowest BCUT2D eigenvalue weighted by atomic mass is 9.80. The van der Waals surface area contributed by atoms with Crippen LogP contribution in [0.25, 0.3) is 0 Å². The van der Waals surface area contributed by atoms with Gasteiger partial charge in [0.25, 0.3) is 0 Å². The number of benzene rings is 1. The Morgan fingerprint density at radius 2 is 2.06 bits per heavy atom. The van der Waals surface area contributed by atoms with E-state index in [1.807, 2.05) is 0 Å². The minimum atomic E-state index is -1.06. The molecular weight excluding hydrogens is 257 g/mol. The van der Waals surface area contributed by atoms with Crippen molar-refractivity contribution in [2.24, 2.45) is 11.1 Å². The Kier molecular flexibility index (Phi) is 4.35. The largest absolute Gasteiger partial charge is 0.469 e. The summed E-state index contributed by atoms with van der Waals surface area (Å²) in [5.41, 5.74) is 5.51. The van der Waals surface area contributed by atoms with Crippen LogP contribution in [0.1, 0.15) is 31.0 Å². The fraction of sp³-hybridized carbons (Fsp3) is 0.462. The molecule has 0 heterocycles. The van der Waals surface area contributed by atoms with E-state index in [2.05, 4.69) is 4.74 Å². The number of aryl methyl sites for hydroxylation is 1. The van der Waals surface area contributed by atoms with Crippen LogP contribution in [0.5, 0.6) is 0 Å². The summed E-state index contributed by atoms with van der Waals surface area (Å²) in [5.74, 6) is -0.987. The average Bonchev–Trinajstić information content (AvgIpc) is 2.33. The summed E-state index contributed by atoms with van der Waals surface area (Å²) in [6.07, 6.45) is 0. The zero-order chi connectivity index (χ0) is 14.1. The third-order valence-electron chi connectivity index (χ3n) is 3.12. The van der Waals surface area contributed by atoms with Gasteiger partial charge in [0.05, 0.1) is 12.5 Å². The molecule has 18 heavy (non-hydrogen) atoms. The van der Waals surface area contributed by atoms with E-state index in [9.17, 15) is 9.18 Å². The highest BCUT2D eigenvalue weighted by atomic mass is 35.5. The molecule has 2 N–H and O–H groups in total. The van der Waals surface area contributed by atoms with Crippen LogP contribution in [0.3, 0.4) is 0 Å². The summed E-state index contributed by atoms with van der Waals surface area (Å²) in [7, 11) is 1.27. The van der Waals surface area contributed by atoms with E-state index in [0.29, 0.717) is 5.56 Å². The van der Waals surface area contributed by atoms with E-state index in [-0.39, 0.29) is 10.6 Å². The van der Waals surface area contributed by atoms with E-state index >= 15 is 0 Å². The third kappa shape index (κ3) is 2.49. The molecule has 3 nitrogen and oxygen atoms in total. The van der Waals surface area contributed by atoms with Gasteiger partial charge in [-0.05, 0) is 32.4 Å².